The van der Waals surface area contributed by atoms with Crippen molar-refractivity contribution in [3.63, 3.8) is 0 Å². The molecule has 0 aromatic heterocycles. The van der Waals surface area contributed by atoms with E-state index in [4.69, 9.17) is 15.0 Å². The molecule has 1 aromatic rings. The van der Waals surface area contributed by atoms with Crippen LogP contribution < -0.4 is 5.73 Å². The number of rotatable bonds is 2. The summed E-state index contributed by atoms with van der Waals surface area (Å²) in [6.07, 6.45) is 0. The normalized spacial score (nSPS) is 22.6. The maximum atomic E-state index is 6.31. The van der Waals surface area contributed by atoms with Gasteiger partial charge in [0.2, 0.25) is 0 Å². The van der Waals surface area contributed by atoms with Crippen molar-refractivity contribution in [1.82, 2.24) is 0 Å². The summed E-state index contributed by atoms with van der Waals surface area (Å²) in [5.74, 6) is -0.309. The average Bonchev–Trinajstić information content (AvgIpc) is 2.47. The predicted octanol–water partition coefficient (Wildman–Crippen LogP) is 3.39. The lowest BCUT2D eigenvalue weighted by atomic mass is 9.75. The lowest BCUT2D eigenvalue weighted by Crippen LogP contribution is -2.41. The summed E-state index contributed by atoms with van der Waals surface area (Å²) in [7, 11) is -0.427. The molecule has 3 nitrogen and oxygen atoms in total. The van der Waals surface area contributed by atoms with Gasteiger partial charge in [0, 0.05) is 4.47 Å². The lowest BCUT2D eigenvalue weighted by molar-refractivity contribution is 0.00578. The zero-order chi connectivity index (χ0) is 14.4. The van der Waals surface area contributed by atoms with Gasteiger partial charge in [0.15, 0.2) is 0 Å². The molecular formula is C14H21BBrNO2. The Balaban J connectivity index is 2.24. The highest BCUT2D eigenvalue weighted by atomic mass is 79.9. The van der Waals surface area contributed by atoms with Gasteiger partial charge in [0.1, 0.15) is 0 Å². The molecule has 0 spiro atoms. The minimum Gasteiger partial charge on any atom is -0.402 e. The molecule has 0 radical (unpaired) electrons. The van der Waals surface area contributed by atoms with Gasteiger partial charge in [-0.25, -0.2) is 0 Å². The van der Waals surface area contributed by atoms with Gasteiger partial charge in [0.05, 0.1) is 17.1 Å². The molecule has 1 atom stereocenters. The Morgan fingerprint density at radius 3 is 2.16 bits per heavy atom. The molecule has 2 rings (SSSR count). The van der Waals surface area contributed by atoms with E-state index in [-0.39, 0.29) is 17.1 Å². The van der Waals surface area contributed by atoms with Crippen LogP contribution in [0.3, 0.4) is 0 Å². The van der Waals surface area contributed by atoms with Crippen molar-refractivity contribution in [3.05, 3.63) is 33.8 Å². The van der Waals surface area contributed by atoms with Crippen molar-refractivity contribution in [2.24, 2.45) is 5.73 Å². The van der Waals surface area contributed by atoms with Crippen LogP contribution in [-0.2, 0) is 9.31 Å². The first-order chi connectivity index (χ1) is 8.64. The number of benzene rings is 1. The van der Waals surface area contributed by atoms with Gasteiger partial charge >= 0.3 is 7.12 Å². The molecule has 0 unspecified atom stereocenters. The van der Waals surface area contributed by atoms with Crippen molar-refractivity contribution in [2.75, 3.05) is 0 Å². The number of hydrogen-bond acceptors (Lipinski definition) is 3. The van der Waals surface area contributed by atoms with Crippen LogP contribution in [0.25, 0.3) is 0 Å². The fourth-order valence-corrected chi connectivity index (χ4v) is 2.84. The molecular weight excluding hydrogens is 305 g/mol. The third kappa shape index (κ3) is 2.75. The molecule has 19 heavy (non-hydrogen) atoms. The van der Waals surface area contributed by atoms with Gasteiger partial charge in [-0.2, -0.15) is 0 Å². The fraction of sp³-hybridized carbons (Fsp3) is 0.571. The van der Waals surface area contributed by atoms with Crippen molar-refractivity contribution < 1.29 is 9.31 Å². The van der Waals surface area contributed by atoms with Crippen molar-refractivity contribution in [1.29, 1.82) is 0 Å². The Hall–Kier alpha value is -0.355. The van der Waals surface area contributed by atoms with Crippen molar-refractivity contribution >= 4 is 23.0 Å². The zero-order valence-electron chi connectivity index (χ0n) is 12.2. The first-order valence-corrected chi connectivity index (χ1v) is 7.31. The molecule has 1 saturated heterocycles. The summed E-state index contributed by atoms with van der Waals surface area (Å²) < 4.78 is 13.0. The van der Waals surface area contributed by atoms with E-state index in [9.17, 15) is 0 Å². The molecule has 1 heterocycles. The maximum Gasteiger partial charge on any atom is 0.480 e. The molecule has 0 saturated carbocycles. The average molecular weight is 326 g/mol. The van der Waals surface area contributed by atoms with E-state index in [1.54, 1.807) is 0 Å². The van der Waals surface area contributed by atoms with Gasteiger partial charge in [0.25, 0.3) is 0 Å². The molecule has 0 amide bonds. The first-order valence-electron chi connectivity index (χ1n) is 6.51. The summed E-state index contributed by atoms with van der Waals surface area (Å²) in [5.41, 5.74) is 7.80. The molecule has 1 fully saturated rings. The van der Waals surface area contributed by atoms with Crippen LogP contribution >= 0.6 is 15.9 Å². The van der Waals surface area contributed by atoms with Crippen LogP contribution in [0.1, 0.15) is 44.8 Å². The minimum atomic E-state index is -0.427. The number of halogens is 1. The number of nitrogens with two attached hydrogens (primary N) is 1. The molecule has 2 N–H and O–H groups in total. The second-order valence-electron chi connectivity index (χ2n) is 6.18. The van der Waals surface area contributed by atoms with Crippen LogP contribution in [-0.4, -0.2) is 18.3 Å². The second kappa shape index (κ2) is 4.88. The van der Waals surface area contributed by atoms with E-state index in [1.807, 2.05) is 39.8 Å². The first kappa shape index (κ1) is 15.0. The van der Waals surface area contributed by atoms with Gasteiger partial charge in [-0.15, -0.1) is 0 Å². The van der Waals surface area contributed by atoms with E-state index in [2.05, 4.69) is 28.9 Å². The van der Waals surface area contributed by atoms with Crippen LogP contribution in [0.15, 0.2) is 22.7 Å². The third-order valence-electron chi connectivity index (χ3n) is 4.08. The van der Waals surface area contributed by atoms with Gasteiger partial charge in [-0.1, -0.05) is 28.1 Å². The fourth-order valence-electron chi connectivity index (χ4n) is 2.08. The number of aryl methyl sites for hydroxylation is 1. The molecule has 0 aliphatic carbocycles. The summed E-state index contributed by atoms with van der Waals surface area (Å²) in [4.78, 5) is 0. The minimum absolute atomic E-state index is 0.309. The second-order valence-corrected chi connectivity index (χ2v) is 7.03. The van der Waals surface area contributed by atoms with Gasteiger partial charge in [-0.05, 0) is 51.8 Å². The van der Waals surface area contributed by atoms with E-state index < -0.39 is 7.12 Å². The molecule has 1 aliphatic heterocycles. The maximum absolute atomic E-state index is 6.31. The van der Waals surface area contributed by atoms with Crippen molar-refractivity contribution in [3.8, 4) is 0 Å². The zero-order valence-corrected chi connectivity index (χ0v) is 13.7. The number of hydrogen-bond donors (Lipinski definition) is 1. The third-order valence-corrected chi connectivity index (χ3v) is 4.77. The molecule has 5 heteroatoms. The monoisotopic (exact) mass is 325 g/mol. The Bertz CT molecular complexity index is 474. The molecule has 1 aliphatic rings. The van der Waals surface area contributed by atoms with Crippen LogP contribution in [0.2, 0.25) is 0 Å². The Morgan fingerprint density at radius 2 is 1.68 bits per heavy atom. The Labute approximate surface area is 124 Å². The van der Waals surface area contributed by atoms with Gasteiger partial charge in [-0.3, -0.25) is 0 Å². The smallest absolute Gasteiger partial charge is 0.402 e. The van der Waals surface area contributed by atoms with E-state index in [0.29, 0.717) is 0 Å². The van der Waals surface area contributed by atoms with Crippen molar-refractivity contribution in [2.45, 2.75) is 51.8 Å². The largest absolute Gasteiger partial charge is 0.480 e. The van der Waals surface area contributed by atoms with E-state index in [0.717, 1.165) is 10.0 Å². The topological polar surface area (TPSA) is 44.5 Å². The highest BCUT2D eigenvalue weighted by molar-refractivity contribution is 9.10. The summed E-state index contributed by atoms with van der Waals surface area (Å²) >= 11 is 3.56. The van der Waals surface area contributed by atoms with Crippen LogP contribution in [0, 0.1) is 6.92 Å². The predicted molar refractivity (Wildman–Crippen MR) is 81.9 cm³/mol. The summed E-state index contributed by atoms with van der Waals surface area (Å²) in [5, 5.41) is 0. The van der Waals surface area contributed by atoms with Crippen LogP contribution in [0.5, 0.6) is 0 Å². The van der Waals surface area contributed by atoms with E-state index >= 15 is 0 Å². The molecule has 0 bridgehead atoms. The Kier molecular flexibility index (Phi) is 3.86. The summed E-state index contributed by atoms with van der Waals surface area (Å²) in [6, 6.07) is 6.13. The van der Waals surface area contributed by atoms with Gasteiger partial charge < -0.3 is 15.0 Å². The summed E-state index contributed by atoms with van der Waals surface area (Å²) in [6.45, 7) is 10.2. The SMILES string of the molecule is Cc1ccc([C@H](N)B2OC(C)(C)C(C)(C)O2)c(Br)c1. The highest BCUT2D eigenvalue weighted by Crippen LogP contribution is 2.40. The molecule has 104 valence electrons. The lowest BCUT2D eigenvalue weighted by Gasteiger charge is -2.32. The van der Waals surface area contributed by atoms with Crippen LogP contribution in [0.4, 0.5) is 0 Å². The molecule has 1 aromatic carbocycles. The highest BCUT2D eigenvalue weighted by Gasteiger charge is 2.53. The van der Waals surface area contributed by atoms with E-state index in [1.165, 1.54) is 5.56 Å². The standard InChI is InChI=1S/C14H21BBrNO2/c1-9-6-7-10(11(16)8-9)12(17)15-18-13(2,3)14(4,5)19-15/h6-8,12H,17H2,1-5H3/t12-/m0/s1. The quantitative estimate of drug-likeness (QED) is 0.848. The Morgan fingerprint density at radius 1 is 1.16 bits per heavy atom.